The Hall–Kier alpha value is -2.10. The van der Waals surface area contributed by atoms with Crippen LogP contribution in [0.4, 0.5) is 5.69 Å². The first-order chi connectivity index (χ1) is 13.7. The zero-order valence-corrected chi connectivity index (χ0v) is 18.2. The van der Waals surface area contributed by atoms with E-state index >= 15 is 0 Å². The number of carbonyl (C=O) groups excluding carboxylic acids is 2. The molecule has 0 N–H and O–H groups in total. The van der Waals surface area contributed by atoms with Crippen molar-refractivity contribution < 1.29 is 22.7 Å². The van der Waals surface area contributed by atoms with Gasteiger partial charge in [-0.05, 0) is 27.2 Å². The van der Waals surface area contributed by atoms with Crippen LogP contribution in [0.3, 0.4) is 0 Å². The number of aryl methyl sites for hydroxylation is 1. The molecular weight excluding hydrogens is 396 g/mol. The van der Waals surface area contributed by atoms with Gasteiger partial charge in [-0.1, -0.05) is 0 Å². The molecule has 1 aromatic heterocycles. The number of rotatable bonds is 6. The number of piperazine rings is 1. The Kier molecular flexibility index (Phi) is 6.50. The normalized spacial score (nSPS) is 21.4. The van der Waals surface area contributed by atoms with Gasteiger partial charge in [0.15, 0.2) is 9.84 Å². The lowest BCUT2D eigenvalue weighted by Gasteiger charge is -2.36. The van der Waals surface area contributed by atoms with E-state index in [1.807, 2.05) is 18.5 Å². The molecule has 3 rings (SSSR count). The van der Waals surface area contributed by atoms with Gasteiger partial charge < -0.3 is 14.5 Å². The average molecular weight is 427 g/mol. The zero-order valence-electron chi connectivity index (χ0n) is 17.4. The van der Waals surface area contributed by atoms with Crippen molar-refractivity contribution in [1.82, 2.24) is 14.7 Å². The summed E-state index contributed by atoms with van der Waals surface area (Å²) in [7, 11) is -2.97. The van der Waals surface area contributed by atoms with Crippen LogP contribution in [0.15, 0.2) is 0 Å². The largest absolute Gasteiger partial charge is 0.466 e. The van der Waals surface area contributed by atoms with Gasteiger partial charge in [0.05, 0.1) is 47.7 Å². The van der Waals surface area contributed by atoms with E-state index in [0.29, 0.717) is 39.2 Å². The van der Waals surface area contributed by atoms with E-state index in [1.54, 1.807) is 11.8 Å². The third-order valence-electron chi connectivity index (χ3n) is 5.64. The number of anilines is 1. The summed E-state index contributed by atoms with van der Waals surface area (Å²) in [6.07, 6.45) is 0.889. The maximum atomic E-state index is 12.3. The smallest absolute Gasteiger partial charge is 0.306 e. The van der Waals surface area contributed by atoms with Crippen molar-refractivity contribution in [1.29, 1.82) is 0 Å². The number of aromatic nitrogens is 2. The molecule has 2 aliphatic rings. The van der Waals surface area contributed by atoms with E-state index in [2.05, 4.69) is 10.00 Å². The molecule has 2 aliphatic heterocycles. The number of sulfone groups is 1. The van der Waals surface area contributed by atoms with Gasteiger partial charge in [0, 0.05) is 32.6 Å². The van der Waals surface area contributed by atoms with Gasteiger partial charge in [-0.2, -0.15) is 5.10 Å². The third kappa shape index (κ3) is 4.91. The monoisotopic (exact) mass is 426 g/mol. The Labute approximate surface area is 171 Å². The van der Waals surface area contributed by atoms with E-state index in [0.717, 1.165) is 17.1 Å². The Morgan fingerprint density at radius 2 is 1.83 bits per heavy atom. The number of amides is 1. The van der Waals surface area contributed by atoms with Crippen LogP contribution in [-0.4, -0.2) is 79.3 Å². The van der Waals surface area contributed by atoms with Crippen LogP contribution in [0.5, 0.6) is 0 Å². The van der Waals surface area contributed by atoms with E-state index < -0.39 is 9.84 Å². The SMILES string of the molecule is CCOC(=O)CCC(=O)N1CCN(c2c(C)nn(C3CCS(=O)(=O)C3)c2C)CC1. The highest BCUT2D eigenvalue weighted by Gasteiger charge is 2.33. The molecule has 10 heteroatoms. The Morgan fingerprint density at radius 3 is 2.41 bits per heavy atom. The van der Waals surface area contributed by atoms with E-state index in [4.69, 9.17) is 4.74 Å². The van der Waals surface area contributed by atoms with Gasteiger partial charge in [0.2, 0.25) is 5.91 Å². The standard InChI is InChI=1S/C19H30N4O5S/c1-4-28-18(25)6-5-17(24)21-8-10-22(11-9-21)19-14(2)20-23(15(19)3)16-7-12-29(26,27)13-16/h16H,4-13H2,1-3H3. The van der Waals surface area contributed by atoms with Crippen molar-refractivity contribution in [3.63, 3.8) is 0 Å². The fourth-order valence-electron chi connectivity index (χ4n) is 4.22. The molecule has 0 spiro atoms. The van der Waals surface area contributed by atoms with Gasteiger partial charge in [-0.15, -0.1) is 0 Å². The Morgan fingerprint density at radius 1 is 1.14 bits per heavy atom. The Balaban J connectivity index is 1.60. The second-order valence-corrected chi connectivity index (χ2v) is 9.92. The van der Waals surface area contributed by atoms with Crippen LogP contribution in [0.2, 0.25) is 0 Å². The lowest BCUT2D eigenvalue weighted by molar-refractivity contribution is -0.145. The minimum absolute atomic E-state index is 0.0296. The molecule has 0 saturated carbocycles. The molecule has 2 fully saturated rings. The molecule has 3 heterocycles. The maximum absolute atomic E-state index is 12.3. The van der Waals surface area contributed by atoms with Gasteiger partial charge in [0.25, 0.3) is 0 Å². The van der Waals surface area contributed by atoms with Crippen molar-refractivity contribution in [3.8, 4) is 0 Å². The van der Waals surface area contributed by atoms with Gasteiger partial charge in [-0.25, -0.2) is 8.42 Å². The molecule has 162 valence electrons. The lowest BCUT2D eigenvalue weighted by atomic mass is 10.2. The predicted molar refractivity (Wildman–Crippen MR) is 109 cm³/mol. The van der Waals surface area contributed by atoms with E-state index in [1.165, 1.54) is 0 Å². The molecule has 0 aliphatic carbocycles. The minimum Gasteiger partial charge on any atom is -0.466 e. The van der Waals surface area contributed by atoms with Gasteiger partial charge in [0.1, 0.15) is 0 Å². The second-order valence-electron chi connectivity index (χ2n) is 7.69. The average Bonchev–Trinajstić information content (AvgIpc) is 3.18. The summed E-state index contributed by atoms with van der Waals surface area (Å²) in [5.41, 5.74) is 2.90. The molecule has 0 aromatic carbocycles. The van der Waals surface area contributed by atoms with Gasteiger partial charge >= 0.3 is 5.97 Å². The predicted octanol–water partition coefficient (Wildman–Crippen LogP) is 0.851. The fraction of sp³-hybridized carbons (Fsp3) is 0.737. The number of hydrogen-bond donors (Lipinski definition) is 0. The van der Waals surface area contributed by atoms with Crippen LogP contribution in [-0.2, 0) is 24.2 Å². The summed E-state index contributed by atoms with van der Waals surface area (Å²) < 4.78 is 30.4. The number of esters is 1. The molecule has 0 radical (unpaired) electrons. The quantitative estimate of drug-likeness (QED) is 0.622. The molecule has 1 amide bonds. The summed E-state index contributed by atoms with van der Waals surface area (Å²) in [6, 6.07) is -0.0989. The fourth-order valence-corrected chi connectivity index (χ4v) is 5.91. The number of carbonyl (C=O) groups is 2. The number of ether oxygens (including phenoxy) is 1. The molecule has 1 atom stereocenters. The van der Waals surface area contributed by atoms with E-state index in [9.17, 15) is 18.0 Å². The highest BCUT2D eigenvalue weighted by molar-refractivity contribution is 7.91. The first-order valence-electron chi connectivity index (χ1n) is 10.2. The molecule has 2 saturated heterocycles. The van der Waals surface area contributed by atoms with Crippen molar-refractivity contribution in [2.24, 2.45) is 0 Å². The molecular formula is C19H30N4O5S. The van der Waals surface area contributed by atoms with Gasteiger partial charge in [-0.3, -0.25) is 14.3 Å². The lowest BCUT2D eigenvalue weighted by Crippen LogP contribution is -2.49. The molecule has 1 aromatic rings. The molecule has 29 heavy (non-hydrogen) atoms. The van der Waals surface area contributed by atoms with Crippen LogP contribution >= 0.6 is 0 Å². The van der Waals surface area contributed by atoms with Crippen molar-refractivity contribution in [3.05, 3.63) is 11.4 Å². The summed E-state index contributed by atoms with van der Waals surface area (Å²) in [6.45, 7) is 8.54. The van der Waals surface area contributed by atoms with E-state index in [-0.39, 0.29) is 42.3 Å². The highest BCUT2D eigenvalue weighted by atomic mass is 32.2. The van der Waals surface area contributed by atoms with Crippen molar-refractivity contribution in [2.45, 2.75) is 46.1 Å². The molecule has 0 bridgehead atoms. The first kappa shape index (κ1) is 21.6. The van der Waals surface area contributed by atoms with Crippen molar-refractivity contribution in [2.75, 3.05) is 49.2 Å². The van der Waals surface area contributed by atoms with Crippen LogP contribution in [0, 0.1) is 13.8 Å². The highest BCUT2D eigenvalue weighted by Crippen LogP contribution is 2.31. The van der Waals surface area contributed by atoms with Crippen LogP contribution in [0.25, 0.3) is 0 Å². The third-order valence-corrected chi connectivity index (χ3v) is 7.39. The second kappa shape index (κ2) is 8.73. The molecule has 9 nitrogen and oxygen atoms in total. The summed E-state index contributed by atoms with van der Waals surface area (Å²) in [5, 5.41) is 4.63. The zero-order chi connectivity index (χ0) is 21.2. The maximum Gasteiger partial charge on any atom is 0.306 e. The van der Waals surface area contributed by atoms with Crippen LogP contribution in [0.1, 0.15) is 43.6 Å². The number of hydrogen-bond acceptors (Lipinski definition) is 7. The first-order valence-corrected chi connectivity index (χ1v) is 12.0. The summed E-state index contributed by atoms with van der Waals surface area (Å²) in [5.74, 6) is -0.000179. The summed E-state index contributed by atoms with van der Waals surface area (Å²) in [4.78, 5) is 27.8. The number of nitrogens with zero attached hydrogens (tertiary/aromatic N) is 4. The Bertz CT molecular complexity index is 871. The summed E-state index contributed by atoms with van der Waals surface area (Å²) >= 11 is 0. The van der Waals surface area contributed by atoms with Crippen LogP contribution < -0.4 is 4.90 Å². The van der Waals surface area contributed by atoms with Crippen molar-refractivity contribution >= 4 is 27.4 Å². The molecule has 1 unspecified atom stereocenters. The topological polar surface area (TPSA) is 102 Å². The minimum atomic E-state index is -2.97.